The number of hydrogen-bond donors (Lipinski definition) is 2. The second-order valence-corrected chi connectivity index (χ2v) is 2.41. The highest BCUT2D eigenvalue weighted by atomic mass is 19.4. The molecule has 4 nitrogen and oxygen atoms in total. The van der Waals surface area contributed by atoms with Gasteiger partial charge in [-0.2, -0.15) is 0 Å². The van der Waals surface area contributed by atoms with Crippen molar-refractivity contribution in [2.75, 3.05) is 0 Å². The summed E-state index contributed by atoms with van der Waals surface area (Å²) in [6, 6.07) is 1.54. The Balaban J connectivity index is 2.98. The van der Waals surface area contributed by atoms with E-state index in [1.54, 1.807) is 0 Å². The first-order valence-corrected chi connectivity index (χ1v) is 3.50. The van der Waals surface area contributed by atoms with Crippen LogP contribution >= 0.6 is 0 Å². The summed E-state index contributed by atoms with van der Waals surface area (Å²) in [6.07, 6.45) is -4.85. The highest BCUT2D eigenvalue weighted by molar-refractivity contribution is 5.22. The van der Waals surface area contributed by atoms with Crippen molar-refractivity contribution in [3.63, 3.8) is 0 Å². The normalized spacial score (nSPS) is 11.4. The molecule has 1 heterocycles. The van der Waals surface area contributed by atoms with Crippen LogP contribution < -0.4 is 10.3 Å². The molecule has 1 aromatic heterocycles. The highest BCUT2D eigenvalue weighted by Gasteiger charge is 2.31. The van der Waals surface area contributed by atoms with E-state index in [-0.39, 0.29) is 5.69 Å². The minimum absolute atomic E-state index is 0.0447. The molecule has 0 saturated carbocycles. The van der Waals surface area contributed by atoms with Crippen molar-refractivity contribution in [2.24, 2.45) is 0 Å². The molecule has 0 amide bonds. The predicted octanol–water partition coefficient (Wildman–Crippen LogP) is 0.766. The molecule has 0 fully saturated rings. The maximum Gasteiger partial charge on any atom is 0.573 e. The molecule has 1 aromatic rings. The minimum atomic E-state index is -4.85. The van der Waals surface area contributed by atoms with E-state index >= 15 is 0 Å². The number of ether oxygens (including phenoxy) is 1. The minimum Gasteiger partial charge on any atom is -0.406 e. The quantitative estimate of drug-likeness (QED) is 0.756. The van der Waals surface area contributed by atoms with Crippen LogP contribution in [0.5, 0.6) is 5.75 Å². The highest BCUT2D eigenvalue weighted by Crippen LogP contribution is 2.21. The third kappa shape index (κ3) is 3.09. The van der Waals surface area contributed by atoms with Crippen LogP contribution in [0.1, 0.15) is 5.69 Å². The number of nitrogens with one attached hydrogen (secondary N) is 1. The van der Waals surface area contributed by atoms with Crippen LogP contribution in [0.4, 0.5) is 13.2 Å². The molecule has 0 aromatic carbocycles. The largest absolute Gasteiger partial charge is 0.573 e. The molecule has 0 aliphatic rings. The Bertz CT molecular complexity index is 371. The van der Waals surface area contributed by atoms with Crippen LogP contribution in [-0.4, -0.2) is 16.5 Å². The number of aliphatic hydroxyl groups excluding tert-OH is 1. The molecule has 14 heavy (non-hydrogen) atoms. The Hall–Kier alpha value is -1.50. The monoisotopic (exact) mass is 209 g/mol. The van der Waals surface area contributed by atoms with Gasteiger partial charge in [-0.15, -0.1) is 13.2 Å². The molecular weight excluding hydrogens is 203 g/mol. The second kappa shape index (κ2) is 3.70. The smallest absolute Gasteiger partial charge is 0.406 e. The van der Waals surface area contributed by atoms with Crippen molar-refractivity contribution >= 4 is 0 Å². The fourth-order valence-electron chi connectivity index (χ4n) is 0.851. The number of aromatic amines is 1. The van der Waals surface area contributed by atoms with Crippen molar-refractivity contribution in [1.29, 1.82) is 0 Å². The lowest BCUT2D eigenvalue weighted by Crippen LogP contribution is -2.19. The molecule has 0 unspecified atom stereocenters. The molecule has 0 aliphatic carbocycles. The maximum absolute atomic E-state index is 11.7. The van der Waals surface area contributed by atoms with Crippen LogP contribution in [-0.2, 0) is 6.61 Å². The van der Waals surface area contributed by atoms with E-state index in [4.69, 9.17) is 5.11 Å². The summed E-state index contributed by atoms with van der Waals surface area (Å²) in [5, 5.41) is 8.58. The summed E-state index contributed by atoms with van der Waals surface area (Å²) < 4.78 is 38.6. The van der Waals surface area contributed by atoms with Gasteiger partial charge in [0.25, 0.3) is 5.56 Å². The molecule has 0 atom stereocenters. The number of alkyl halides is 3. The number of rotatable bonds is 2. The average Bonchev–Trinajstić information content (AvgIpc) is 1.99. The molecule has 2 N–H and O–H groups in total. The first kappa shape index (κ1) is 10.6. The lowest BCUT2D eigenvalue weighted by atomic mass is 10.3. The number of hydrogen-bond acceptors (Lipinski definition) is 3. The Morgan fingerprint density at radius 3 is 2.57 bits per heavy atom. The fourth-order valence-corrected chi connectivity index (χ4v) is 0.851. The summed E-state index contributed by atoms with van der Waals surface area (Å²) in [7, 11) is 0. The Labute approximate surface area is 75.9 Å². The standard InChI is InChI=1S/C7H6F3NO3/c8-7(9,10)14-5-1-4(3-12)11-6(13)2-5/h1-2,12H,3H2,(H,11,13). The van der Waals surface area contributed by atoms with Crippen LogP contribution in [0.25, 0.3) is 0 Å². The van der Waals surface area contributed by atoms with Crippen LogP contribution in [0.15, 0.2) is 16.9 Å². The van der Waals surface area contributed by atoms with E-state index in [0.717, 1.165) is 6.07 Å². The van der Waals surface area contributed by atoms with E-state index in [9.17, 15) is 18.0 Å². The summed E-state index contributed by atoms with van der Waals surface area (Å²) in [4.78, 5) is 12.9. The number of H-pyrrole nitrogens is 1. The third-order valence-electron chi connectivity index (χ3n) is 1.28. The average molecular weight is 209 g/mol. The van der Waals surface area contributed by atoms with E-state index in [1.807, 2.05) is 0 Å². The molecule has 7 heteroatoms. The number of pyridine rings is 1. The van der Waals surface area contributed by atoms with Gasteiger partial charge in [0.05, 0.1) is 6.61 Å². The lowest BCUT2D eigenvalue weighted by molar-refractivity contribution is -0.274. The van der Waals surface area contributed by atoms with Crippen LogP contribution in [0.3, 0.4) is 0 Å². The van der Waals surface area contributed by atoms with E-state index in [0.29, 0.717) is 6.07 Å². The van der Waals surface area contributed by atoms with Crippen molar-refractivity contribution in [3.05, 3.63) is 28.2 Å². The summed E-state index contributed by atoms with van der Waals surface area (Å²) >= 11 is 0. The fraction of sp³-hybridized carbons (Fsp3) is 0.286. The Kier molecular flexibility index (Phi) is 2.80. The van der Waals surface area contributed by atoms with Crippen LogP contribution in [0.2, 0.25) is 0 Å². The topological polar surface area (TPSA) is 62.3 Å². The first-order valence-electron chi connectivity index (χ1n) is 3.50. The zero-order valence-electron chi connectivity index (χ0n) is 6.76. The predicted molar refractivity (Wildman–Crippen MR) is 39.7 cm³/mol. The van der Waals surface area contributed by atoms with E-state index < -0.39 is 24.3 Å². The van der Waals surface area contributed by atoms with Gasteiger partial charge in [0, 0.05) is 17.8 Å². The Morgan fingerprint density at radius 2 is 2.07 bits per heavy atom. The molecule has 1 rings (SSSR count). The molecule has 0 spiro atoms. The summed E-state index contributed by atoms with van der Waals surface area (Å²) in [6.45, 7) is -0.565. The zero-order chi connectivity index (χ0) is 10.8. The van der Waals surface area contributed by atoms with Gasteiger partial charge in [-0.05, 0) is 0 Å². The second-order valence-electron chi connectivity index (χ2n) is 2.41. The molecule has 0 saturated heterocycles. The lowest BCUT2D eigenvalue weighted by Gasteiger charge is -2.08. The van der Waals surface area contributed by atoms with Gasteiger partial charge in [-0.3, -0.25) is 4.79 Å². The third-order valence-corrected chi connectivity index (χ3v) is 1.28. The number of aromatic nitrogens is 1. The van der Waals surface area contributed by atoms with Gasteiger partial charge in [0.1, 0.15) is 5.75 Å². The van der Waals surface area contributed by atoms with Gasteiger partial charge in [0.2, 0.25) is 0 Å². The molecule has 0 bridgehead atoms. The molecule has 78 valence electrons. The van der Waals surface area contributed by atoms with Gasteiger partial charge < -0.3 is 14.8 Å². The van der Waals surface area contributed by atoms with Crippen molar-refractivity contribution in [1.82, 2.24) is 4.98 Å². The Morgan fingerprint density at radius 1 is 1.43 bits per heavy atom. The van der Waals surface area contributed by atoms with Gasteiger partial charge in [-0.1, -0.05) is 0 Å². The number of aliphatic hydroxyl groups is 1. The van der Waals surface area contributed by atoms with Crippen molar-refractivity contribution in [3.8, 4) is 5.75 Å². The van der Waals surface area contributed by atoms with Gasteiger partial charge in [0.15, 0.2) is 0 Å². The SMILES string of the molecule is O=c1cc(OC(F)(F)F)cc(CO)[nH]1. The van der Waals surface area contributed by atoms with E-state index in [2.05, 4.69) is 9.72 Å². The van der Waals surface area contributed by atoms with Crippen LogP contribution in [0, 0.1) is 0 Å². The first-order chi connectivity index (χ1) is 6.40. The van der Waals surface area contributed by atoms with Crippen molar-refractivity contribution < 1.29 is 23.0 Å². The maximum atomic E-state index is 11.7. The summed E-state index contributed by atoms with van der Waals surface area (Å²) in [5.74, 6) is -0.648. The number of halogens is 3. The van der Waals surface area contributed by atoms with Gasteiger partial charge >= 0.3 is 6.36 Å². The summed E-state index contributed by atoms with van der Waals surface area (Å²) in [5.41, 5.74) is -0.812. The molecule has 0 radical (unpaired) electrons. The van der Waals surface area contributed by atoms with Gasteiger partial charge in [-0.25, -0.2) is 0 Å². The van der Waals surface area contributed by atoms with E-state index in [1.165, 1.54) is 0 Å². The molecular formula is C7H6F3NO3. The molecule has 0 aliphatic heterocycles. The zero-order valence-corrected chi connectivity index (χ0v) is 6.76. The van der Waals surface area contributed by atoms with Crippen molar-refractivity contribution in [2.45, 2.75) is 13.0 Å².